The van der Waals surface area contributed by atoms with Crippen LogP contribution in [0.15, 0.2) is 63.6 Å². The molecule has 11 heteroatoms. The minimum absolute atomic E-state index is 0.168. The van der Waals surface area contributed by atoms with Gasteiger partial charge in [0.15, 0.2) is 5.84 Å². The monoisotopic (exact) mass is 541 g/mol. The van der Waals surface area contributed by atoms with E-state index in [1.54, 1.807) is 23.0 Å². The Morgan fingerprint density at radius 3 is 2.59 bits per heavy atom. The summed E-state index contributed by atoms with van der Waals surface area (Å²) in [6.45, 7) is 8.68. The van der Waals surface area contributed by atoms with Gasteiger partial charge in [0, 0.05) is 71.7 Å². The number of nitrogens with zero attached hydrogens (tertiary/aromatic N) is 7. The van der Waals surface area contributed by atoms with Crippen molar-refractivity contribution in [3.8, 4) is 11.1 Å². The number of fused-ring (bicyclic) bond motifs is 1. The van der Waals surface area contributed by atoms with E-state index in [4.69, 9.17) is 11.6 Å². The molecule has 1 fully saturated rings. The molecule has 0 spiro atoms. The highest BCUT2D eigenvalue weighted by Gasteiger charge is 2.17. The van der Waals surface area contributed by atoms with Crippen molar-refractivity contribution >= 4 is 51.6 Å². The maximum atomic E-state index is 13.6. The highest BCUT2D eigenvalue weighted by molar-refractivity contribution is 6.34. The molecular weight excluding hydrogens is 514 g/mol. The fourth-order valence-corrected chi connectivity index (χ4v) is 5.13. The topological polar surface area (TPSA) is 113 Å². The smallest absolute Gasteiger partial charge is 0.260 e. The zero-order valence-corrected chi connectivity index (χ0v) is 22.5. The lowest BCUT2D eigenvalue weighted by molar-refractivity contribution is 0.585. The van der Waals surface area contributed by atoms with E-state index in [0.29, 0.717) is 46.7 Å². The van der Waals surface area contributed by atoms with Crippen LogP contribution in [0, 0.1) is 0 Å². The molecule has 2 N–H and O–H groups in total. The van der Waals surface area contributed by atoms with Gasteiger partial charge in [-0.1, -0.05) is 23.7 Å². The number of pyridine rings is 2. The minimum Gasteiger partial charge on any atom is -0.354 e. The van der Waals surface area contributed by atoms with Crippen molar-refractivity contribution in [3.63, 3.8) is 0 Å². The average Bonchev–Trinajstić information content (AvgIpc) is 3.40. The Balaban J connectivity index is 1.30. The van der Waals surface area contributed by atoms with Gasteiger partial charge in [-0.2, -0.15) is 4.98 Å². The van der Waals surface area contributed by atoms with Gasteiger partial charge in [-0.15, -0.1) is 0 Å². The number of piperazine rings is 1. The van der Waals surface area contributed by atoms with Crippen LogP contribution in [0.5, 0.6) is 0 Å². The van der Waals surface area contributed by atoms with Crippen molar-refractivity contribution in [2.24, 2.45) is 9.98 Å². The normalized spacial score (nSPS) is 15.4. The lowest BCUT2D eigenvalue weighted by atomic mass is 10.0. The number of aryl methyl sites for hydroxylation is 1. The number of halogens is 1. The number of hydrogen-bond donors (Lipinski definition) is 2. The van der Waals surface area contributed by atoms with Crippen molar-refractivity contribution in [1.29, 1.82) is 0 Å². The highest BCUT2D eigenvalue weighted by atomic mass is 35.5. The Morgan fingerprint density at radius 2 is 1.90 bits per heavy atom. The van der Waals surface area contributed by atoms with Crippen molar-refractivity contribution in [2.75, 3.05) is 42.9 Å². The minimum atomic E-state index is -0.168. The lowest BCUT2D eigenvalue weighted by Crippen LogP contribution is -2.43. The lowest BCUT2D eigenvalue weighted by Gasteiger charge is -2.28. The predicted molar refractivity (Wildman–Crippen MR) is 157 cm³/mol. The van der Waals surface area contributed by atoms with Gasteiger partial charge >= 0.3 is 0 Å². The average molecular weight is 542 g/mol. The summed E-state index contributed by atoms with van der Waals surface area (Å²) in [5.74, 6) is 2.00. The first-order chi connectivity index (χ1) is 19.0. The fourth-order valence-electron chi connectivity index (χ4n) is 4.84. The molecule has 0 unspecified atom stereocenters. The van der Waals surface area contributed by atoms with Crippen LogP contribution in [0.25, 0.3) is 22.2 Å². The number of hydrogen-bond acceptors (Lipinski definition) is 9. The first-order valence-electron chi connectivity index (χ1n) is 13.0. The largest absolute Gasteiger partial charge is 0.354 e. The first kappa shape index (κ1) is 25.1. The molecule has 10 nitrogen and oxygen atoms in total. The molecule has 0 aliphatic carbocycles. The third-order valence-corrected chi connectivity index (χ3v) is 7.17. The molecule has 198 valence electrons. The van der Waals surface area contributed by atoms with Crippen LogP contribution >= 0.6 is 11.6 Å². The molecule has 0 saturated carbocycles. The second kappa shape index (κ2) is 10.5. The number of benzene rings is 1. The molecule has 4 aromatic rings. The van der Waals surface area contributed by atoms with Crippen molar-refractivity contribution in [2.45, 2.75) is 20.4 Å². The number of nitrogens with one attached hydrogen (secondary N) is 2. The maximum Gasteiger partial charge on any atom is 0.260 e. The predicted octanol–water partition coefficient (Wildman–Crippen LogP) is 3.90. The zero-order valence-electron chi connectivity index (χ0n) is 21.8. The Bertz CT molecular complexity index is 1670. The van der Waals surface area contributed by atoms with E-state index in [1.807, 2.05) is 44.2 Å². The molecule has 0 atom stereocenters. The third kappa shape index (κ3) is 5.00. The quantitative estimate of drug-likeness (QED) is 0.380. The summed E-state index contributed by atoms with van der Waals surface area (Å²) >= 11 is 6.67. The van der Waals surface area contributed by atoms with E-state index in [0.717, 1.165) is 54.3 Å². The standard InChI is InChI=1S/C28H28ClN9O/c1-3-38-26-19(12-22(27(38)39)21-6-4-18(13-23(21)29)25-32-14-17(2)34-25)15-33-28(36-26)35-20-5-7-24(31-16-20)37-10-8-30-9-11-37/h4-7,12-13,15-16,30H,3,8-11,14H2,1-2H3,(H,33,35,36). The second-order valence-corrected chi connectivity index (χ2v) is 9.94. The van der Waals surface area contributed by atoms with Crippen molar-refractivity contribution < 1.29 is 0 Å². The van der Waals surface area contributed by atoms with Crippen LogP contribution in [0.2, 0.25) is 5.02 Å². The highest BCUT2D eigenvalue weighted by Crippen LogP contribution is 2.29. The van der Waals surface area contributed by atoms with Gasteiger partial charge in [-0.3, -0.25) is 14.4 Å². The Kier molecular flexibility index (Phi) is 6.80. The first-order valence-corrected chi connectivity index (χ1v) is 13.4. The van der Waals surface area contributed by atoms with E-state index >= 15 is 0 Å². The SMILES string of the molecule is CCn1c(=O)c(-c2ccc(C3=NCC(C)=N3)cc2Cl)cc2cnc(Nc3ccc(N4CCNCC4)nc3)nc21. The van der Waals surface area contributed by atoms with Crippen LogP contribution < -0.4 is 21.1 Å². The zero-order chi connectivity index (χ0) is 26.9. The number of rotatable bonds is 6. The molecule has 2 aliphatic heterocycles. The van der Waals surface area contributed by atoms with Gasteiger partial charge < -0.3 is 15.5 Å². The summed E-state index contributed by atoms with van der Waals surface area (Å²) in [7, 11) is 0. The second-order valence-electron chi connectivity index (χ2n) is 9.53. The molecule has 39 heavy (non-hydrogen) atoms. The molecule has 0 amide bonds. The van der Waals surface area contributed by atoms with E-state index < -0.39 is 0 Å². The molecular formula is C28H28ClN9O. The van der Waals surface area contributed by atoms with Crippen LogP contribution in [0.4, 0.5) is 17.5 Å². The van der Waals surface area contributed by atoms with Gasteiger partial charge in [0.2, 0.25) is 5.95 Å². The van der Waals surface area contributed by atoms with E-state index in [2.05, 4.69) is 40.5 Å². The number of aromatic nitrogens is 4. The molecule has 0 bridgehead atoms. The number of anilines is 3. The summed E-state index contributed by atoms with van der Waals surface area (Å²) in [5, 5.41) is 7.77. The van der Waals surface area contributed by atoms with Gasteiger partial charge in [0.05, 0.1) is 18.4 Å². The molecule has 2 aliphatic rings. The van der Waals surface area contributed by atoms with Gasteiger partial charge in [-0.05, 0) is 38.1 Å². The summed E-state index contributed by atoms with van der Waals surface area (Å²) < 4.78 is 1.64. The fraction of sp³-hybridized carbons (Fsp3) is 0.286. The van der Waals surface area contributed by atoms with Crippen molar-refractivity contribution in [3.05, 3.63) is 69.7 Å². The van der Waals surface area contributed by atoms with Gasteiger partial charge in [0.25, 0.3) is 5.56 Å². The molecule has 3 aromatic heterocycles. The van der Waals surface area contributed by atoms with Crippen LogP contribution in [-0.4, -0.2) is 63.8 Å². The van der Waals surface area contributed by atoms with E-state index in [1.165, 1.54) is 0 Å². The molecule has 0 radical (unpaired) electrons. The van der Waals surface area contributed by atoms with Crippen molar-refractivity contribution in [1.82, 2.24) is 24.8 Å². The maximum absolute atomic E-state index is 13.6. The Morgan fingerprint density at radius 1 is 1.05 bits per heavy atom. The third-order valence-electron chi connectivity index (χ3n) is 6.86. The Labute approximate surface area is 230 Å². The summed E-state index contributed by atoms with van der Waals surface area (Å²) in [4.78, 5) is 38.5. The number of aliphatic imine (C=N–C) groups is 2. The van der Waals surface area contributed by atoms with Gasteiger partial charge in [0.1, 0.15) is 11.5 Å². The van der Waals surface area contributed by atoms with E-state index in [-0.39, 0.29) is 5.56 Å². The molecule has 1 aromatic carbocycles. The molecule has 1 saturated heterocycles. The summed E-state index contributed by atoms with van der Waals surface area (Å²) in [5.41, 5.74) is 4.08. The van der Waals surface area contributed by atoms with Crippen LogP contribution in [0.3, 0.4) is 0 Å². The molecule has 6 rings (SSSR count). The summed E-state index contributed by atoms with van der Waals surface area (Å²) in [6.07, 6.45) is 3.49. The summed E-state index contributed by atoms with van der Waals surface area (Å²) in [6, 6.07) is 11.3. The van der Waals surface area contributed by atoms with Crippen LogP contribution in [0.1, 0.15) is 19.4 Å². The van der Waals surface area contributed by atoms with Gasteiger partial charge in [-0.25, -0.2) is 15.0 Å². The molecule has 5 heterocycles. The number of amidine groups is 1. The van der Waals surface area contributed by atoms with Crippen LogP contribution in [-0.2, 0) is 6.54 Å². The Hall–Kier alpha value is -4.15. The van der Waals surface area contributed by atoms with E-state index in [9.17, 15) is 4.79 Å².